The van der Waals surface area contributed by atoms with Crippen LogP contribution in [-0.4, -0.2) is 15.3 Å². The van der Waals surface area contributed by atoms with Crippen molar-refractivity contribution in [2.75, 3.05) is 0 Å². The number of nitrogens with zero attached hydrogens (tertiary/aromatic N) is 2. The molecule has 0 atom stereocenters. The third kappa shape index (κ3) is 4.36. The molecule has 0 fully saturated rings. The van der Waals surface area contributed by atoms with Crippen LogP contribution in [0.25, 0.3) is 0 Å². The third-order valence-electron chi connectivity index (χ3n) is 3.19. The van der Waals surface area contributed by atoms with E-state index in [0.717, 1.165) is 23.9 Å². The van der Waals surface area contributed by atoms with E-state index in [9.17, 15) is 8.78 Å². The molecule has 0 amide bonds. The Bertz CT molecular complexity index is 627. The van der Waals surface area contributed by atoms with Crippen LogP contribution in [0.15, 0.2) is 24.4 Å². The van der Waals surface area contributed by atoms with Gasteiger partial charge in [-0.05, 0) is 45.4 Å². The Morgan fingerprint density at radius 3 is 2.52 bits per heavy atom. The van der Waals surface area contributed by atoms with E-state index in [-0.39, 0.29) is 5.54 Å². The lowest BCUT2D eigenvalue weighted by atomic mass is 10.1. The second-order valence-corrected chi connectivity index (χ2v) is 6.29. The maximum absolute atomic E-state index is 13.2. The summed E-state index contributed by atoms with van der Waals surface area (Å²) >= 11 is 0. The minimum atomic E-state index is -0.828. The summed E-state index contributed by atoms with van der Waals surface area (Å²) in [7, 11) is 0. The van der Waals surface area contributed by atoms with Crippen LogP contribution in [0.4, 0.5) is 8.78 Å². The minimum Gasteiger partial charge on any atom is -0.308 e. The van der Waals surface area contributed by atoms with Gasteiger partial charge in [-0.2, -0.15) is 5.10 Å². The zero-order valence-electron chi connectivity index (χ0n) is 12.9. The van der Waals surface area contributed by atoms with Gasteiger partial charge in [-0.15, -0.1) is 0 Å². The molecule has 1 aromatic heterocycles. The summed E-state index contributed by atoms with van der Waals surface area (Å²) in [5.41, 5.74) is 2.77. The number of halogens is 2. The molecule has 2 rings (SSSR count). The van der Waals surface area contributed by atoms with Crippen LogP contribution in [-0.2, 0) is 13.1 Å². The van der Waals surface area contributed by atoms with Crippen LogP contribution in [0.5, 0.6) is 0 Å². The number of aryl methyl sites for hydroxylation is 1. The molecule has 0 bridgehead atoms. The van der Waals surface area contributed by atoms with Gasteiger partial charge in [0, 0.05) is 23.8 Å². The molecule has 5 heteroatoms. The molecule has 2 aromatic rings. The Balaban J connectivity index is 2.09. The van der Waals surface area contributed by atoms with Crippen molar-refractivity contribution in [2.45, 2.75) is 46.3 Å². The van der Waals surface area contributed by atoms with Gasteiger partial charge in [0.2, 0.25) is 0 Å². The van der Waals surface area contributed by atoms with E-state index in [1.54, 1.807) is 10.7 Å². The molecule has 114 valence electrons. The lowest BCUT2D eigenvalue weighted by molar-refractivity contribution is 0.423. The summed E-state index contributed by atoms with van der Waals surface area (Å²) in [5, 5.41) is 7.83. The molecule has 1 N–H and O–H groups in total. The smallest absolute Gasteiger partial charge is 0.159 e. The summed E-state index contributed by atoms with van der Waals surface area (Å²) < 4.78 is 27.9. The molecule has 0 aliphatic carbocycles. The van der Waals surface area contributed by atoms with Crippen LogP contribution in [0.2, 0.25) is 0 Å². The fourth-order valence-corrected chi connectivity index (χ4v) is 2.00. The number of hydrogen-bond donors (Lipinski definition) is 1. The average Bonchev–Trinajstić information content (AvgIpc) is 2.71. The largest absolute Gasteiger partial charge is 0.308 e. The highest BCUT2D eigenvalue weighted by Gasteiger charge is 2.12. The van der Waals surface area contributed by atoms with Crippen molar-refractivity contribution in [1.82, 2.24) is 15.1 Å². The summed E-state index contributed by atoms with van der Waals surface area (Å²) in [6.45, 7) is 9.41. The topological polar surface area (TPSA) is 29.9 Å². The predicted molar refractivity (Wildman–Crippen MR) is 79.0 cm³/mol. The van der Waals surface area contributed by atoms with Gasteiger partial charge in [0.05, 0.1) is 12.2 Å². The van der Waals surface area contributed by atoms with Gasteiger partial charge < -0.3 is 5.32 Å². The first-order valence-electron chi connectivity index (χ1n) is 6.96. The van der Waals surface area contributed by atoms with E-state index in [1.807, 2.05) is 13.1 Å². The molecular formula is C16H21F2N3. The summed E-state index contributed by atoms with van der Waals surface area (Å²) in [4.78, 5) is 0. The number of benzene rings is 1. The fraction of sp³-hybridized carbons (Fsp3) is 0.438. The van der Waals surface area contributed by atoms with Crippen molar-refractivity contribution >= 4 is 0 Å². The molecule has 0 unspecified atom stereocenters. The molecule has 0 aliphatic heterocycles. The van der Waals surface area contributed by atoms with Crippen LogP contribution < -0.4 is 5.32 Å². The van der Waals surface area contributed by atoms with E-state index in [1.165, 1.54) is 6.07 Å². The Hall–Kier alpha value is -1.75. The van der Waals surface area contributed by atoms with Gasteiger partial charge in [0.25, 0.3) is 0 Å². The first kappa shape index (κ1) is 15.6. The Labute approximate surface area is 124 Å². The fourth-order valence-electron chi connectivity index (χ4n) is 2.00. The van der Waals surface area contributed by atoms with Crippen molar-refractivity contribution in [1.29, 1.82) is 0 Å². The molecule has 1 aromatic carbocycles. The highest BCUT2D eigenvalue weighted by atomic mass is 19.2. The van der Waals surface area contributed by atoms with E-state index in [2.05, 4.69) is 31.2 Å². The predicted octanol–water partition coefficient (Wildman–Crippen LogP) is 3.41. The Morgan fingerprint density at radius 2 is 1.90 bits per heavy atom. The molecule has 3 nitrogen and oxygen atoms in total. The van der Waals surface area contributed by atoms with Gasteiger partial charge in [-0.1, -0.05) is 6.07 Å². The van der Waals surface area contributed by atoms with E-state index < -0.39 is 11.6 Å². The molecular weight excluding hydrogens is 272 g/mol. The lowest BCUT2D eigenvalue weighted by Crippen LogP contribution is -2.35. The quantitative estimate of drug-likeness (QED) is 0.936. The monoisotopic (exact) mass is 293 g/mol. The molecule has 0 saturated heterocycles. The zero-order chi connectivity index (χ0) is 15.6. The van der Waals surface area contributed by atoms with Crippen LogP contribution >= 0.6 is 0 Å². The van der Waals surface area contributed by atoms with Crippen molar-refractivity contribution in [3.05, 3.63) is 52.9 Å². The molecule has 0 radical (unpaired) electrons. The van der Waals surface area contributed by atoms with Gasteiger partial charge in [-0.25, -0.2) is 8.78 Å². The van der Waals surface area contributed by atoms with Crippen LogP contribution in [0.1, 0.15) is 37.6 Å². The summed E-state index contributed by atoms with van der Waals surface area (Å²) in [5.74, 6) is -1.66. The lowest BCUT2D eigenvalue weighted by Gasteiger charge is -2.20. The van der Waals surface area contributed by atoms with E-state index in [0.29, 0.717) is 12.1 Å². The molecule has 0 saturated carbocycles. The normalized spacial score (nSPS) is 11.9. The third-order valence-corrected chi connectivity index (χ3v) is 3.19. The molecule has 1 heterocycles. The second kappa shape index (κ2) is 5.93. The number of rotatable bonds is 4. The van der Waals surface area contributed by atoms with Gasteiger partial charge in [0.1, 0.15) is 0 Å². The van der Waals surface area contributed by atoms with Crippen molar-refractivity contribution < 1.29 is 8.78 Å². The Morgan fingerprint density at radius 1 is 1.19 bits per heavy atom. The van der Waals surface area contributed by atoms with Gasteiger partial charge in [0.15, 0.2) is 11.6 Å². The highest BCUT2D eigenvalue weighted by molar-refractivity contribution is 5.20. The minimum absolute atomic E-state index is 0.0363. The van der Waals surface area contributed by atoms with E-state index in [4.69, 9.17) is 0 Å². The highest BCUT2D eigenvalue weighted by Crippen LogP contribution is 2.12. The van der Waals surface area contributed by atoms with Crippen molar-refractivity contribution in [3.8, 4) is 0 Å². The number of aromatic nitrogens is 2. The van der Waals surface area contributed by atoms with Crippen LogP contribution in [0.3, 0.4) is 0 Å². The van der Waals surface area contributed by atoms with Crippen molar-refractivity contribution in [3.63, 3.8) is 0 Å². The average molecular weight is 293 g/mol. The first-order valence-corrected chi connectivity index (χ1v) is 6.96. The Kier molecular flexibility index (Phi) is 4.42. The molecule has 0 aliphatic rings. The van der Waals surface area contributed by atoms with Crippen molar-refractivity contribution in [2.24, 2.45) is 0 Å². The summed E-state index contributed by atoms with van der Waals surface area (Å²) in [6, 6.07) is 3.92. The number of hydrogen-bond acceptors (Lipinski definition) is 2. The maximum atomic E-state index is 13.2. The van der Waals surface area contributed by atoms with Crippen LogP contribution in [0, 0.1) is 18.6 Å². The van der Waals surface area contributed by atoms with Gasteiger partial charge in [-0.3, -0.25) is 4.68 Å². The second-order valence-electron chi connectivity index (χ2n) is 6.29. The van der Waals surface area contributed by atoms with Gasteiger partial charge >= 0.3 is 0 Å². The summed E-state index contributed by atoms with van der Waals surface area (Å²) in [6.07, 6.45) is 1.94. The molecule has 0 spiro atoms. The zero-order valence-corrected chi connectivity index (χ0v) is 12.9. The number of nitrogens with one attached hydrogen (secondary N) is 1. The van der Waals surface area contributed by atoms with E-state index >= 15 is 0 Å². The first-order chi connectivity index (χ1) is 9.74. The standard InChI is InChI=1S/C16H21F2N3/c1-11-13(8-19-16(2,3)4)10-21(20-11)9-12-5-6-14(17)15(18)7-12/h5-7,10,19H,8-9H2,1-4H3. The maximum Gasteiger partial charge on any atom is 0.159 e. The molecule has 21 heavy (non-hydrogen) atoms. The SMILES string of the molecule is Cc1nn(Cc2ccc(F)c(F)c2)cc1CNC(C)(C)C.